The fourth-order valence-corrected chi connectivity index (χ4v) is 4.52. The summed E-state index contributed by atoms with van der Waals surface area (Å²) in [7, 11) is -2.15. The maximum atomic E-state index is 13.7. The lowest BCUT2D eigenvalue weighted by molar-refractivity contribution is 0.101. The minimum atomic E-state index is -3.62. The number of sulfonamides is 1. The van der Waals surface area contributed by atoms with E-state index in [0.717, 1.165) is 29.5 Å². The summed E-state index contributed by atoms with van der Waals surface area (Å²) in [6.07, 6.45) is 0. The molecule has 0 bridgehead atoms. The van der Waals surface area contributed by atoms with Gasteiger partial charge < -0.3 is 0 Å². The van der Waals surface area contributed by atoms with E-state index in [4.69, 9.17) is 0 Å². The molecule has 0 atom stereocenters. The number of halogens is 2. The van der Waals surface area contributed by atoms with Crippen molar-refractivity contribution >= 4 is 42.6 Å². The summed E-state index contributed by atoms with van der Waals surface area (Å²) in [6, 6.07) is 7.52. The lowest BCUT2D eigenvalue weighted by Crippen LogP contribution is -2.26. The van der Waals surface area contributed by atoms with Gasteiger partial charge in [-0.25, -0.2) is 26.5 Å². The van der Waals surface area contributed by atoms with Gasteiger partial charge in [-0.2, -0.15) is 0 Å². The highest BCUT2D eigenvalue weighted by molar-refractivity contribution is 7.89. The summed E-state index contributed by atoms with van der Waals surface area (Å²) in [6.45, 7) is 2.04. The third kappa shape index (κ3) is 3.68. The molecule has 6 nitrogen and oxygen atoms in total. The monoisotopic (exact) mass is 411 g/mol. The largest absolute Gasteiger partial charge is 0.298 e. The van der Waals surface area contributed by atoms with Crippen LogP contribution in [0.4, 0.5) is 13.9 Å². The standard InChI is InChI=1S/C17H15F2N3O3S2/c1-3-22(2)27(24,25)10-7-8-13-14(9-10)26-17(20-13)21-16(23)15-11(18)5-4-6-12(15)19/h4-9H,3H2,1-2H3,(H,20,21,23). The molecule has 0 aliphatic rings. The van der Waals surface area contributed by atoms with Gasteiger partial charge in [0.25, 0.3) is 5.91 Å². The van der Waals surface area contributed by atoms with Crippen molar-refractivity contribution in [3.8, 4) is 0 Å². The minimum Gasteiger partial charge on any atom is -0.298 e. The van der Waals surface area contributed by atoms with Crippen molar-refractivity contribution in [1.29, 1.82) is 0 Å². The highest BCUT2D eigenvalue weighted by Crippen LogP contribution is 2.29. The zero-order chi connectivity index (χ0) is 19.8. The molecule has 1 N–H and O–H groups in total. The Bertz CT molecular complexity index is 1110. The Labute approximate surface area is 158 Å². The molecule has 0 fully saturated rings. The number of anilines is 1. The Hall–Kier alpha value is -2.43. The second kappa shape index (κ2) is 7.29. The summed E-state index contributed by atoms with van der Waals surface area (Å²) in [4.78, 5) is 16.4. The average molecular weight is 411 g/mol. The number of rotatable bonds is 5. The summed E-state index contributed by atoms with van der Waals surface area (Å²) in [5.41, 5.74) is -0.244. The number of hydrogen-bond donors (Lipinski definition) is 1. The number of carbonyl (C=O) groups excluding carboxylic acids is 1. The third-order valence-electron chi connectivity index (χ3n) is 3.92. The SMILES string of the molecule is CCN(C)S(=O)(=O)c1ccc2nc(NC(=O)c3c(F)cccc3F)sc2c1. The van der Waals surface area contributed by atoms with Crippen molar-refractivity contribution in [2.24, 2.45) is 0 Å². The maximum absolute atomic E-state index is 13.7. The Morgan fingerprint density at radius 2 is 1.89 bits per heavy atom. The van der Waals surface area contributed by atoms with Gasteiger partial charge in [0.1, 0.15) is 17.2 Å². The van der Waals surface area contributed by atoms with Gasteiger partial charge >= 0.3 is 0 Å². The highest BCUT2D eigenvalue weighted by Gasteiger charge is 2.21. The van der Waals surface area contributed by atoms with Crippen LogP contribution in [0, 0.1) is 11.6 Å². The number of amides is 1. The molecule has 3 aromatic rings. The zero-order valence-electron chi connectivity index (χ0n) is 14.4. The Morgan fingerprint density at radius 3 is 2.52 bits per heavy atom. The van der Waals surface area contributed by atoms with E-state index in [-0.39, 0.29) is 10.0 Å². The predicted octanol–water partition coefficient (Wildman–Crippen LogP) is 3.47. The number of aromatic nitrogens is 1. The molecule has 0 spiro atoms. The van der Waals surface area contributed by atoms with Crippen LogP contribution in [0.25, 0.3) is 10.2 Å². The molecule has 1 aromatic heterocycles. The van der Waals surface area contributed by atoms with E-state index in [1.54, 1.807) is 6.92 Å². The van der Waals surface area contributed by atoms with Crippen LogP contribution in [0.15, 0.2) is 41.3 Å². The second-order valence-corrected chi connectivity index (χ2v) is 8.69. The molecule has 0 saturated heterocycles. The molecule has 0 aliphatic carbocycles. The number of hydrogen-bond acceptors (Lipinski definition) is 5. The molecule has 27 heavy (non-hydrogen) atoms. The van der Waals surface area contributed by atoms with E-state index in [2.05, 4.69) is 10.3 Å². The fourth-order valence-electron chi connectivity index (χ4n) is 2.34. The molecule has 0 radical (unpaired) electrons. The van der Waals surface area contributed by atoms with Gasteiger partial charge in [-0.15, -0.1) is 0 Å². The van der Waals surface area contributed by atoms with Crippen molar-refractivity contribution in [3.05, 3.63) is 53.6 Å². The molecule has 0 unspecified atom stereocenters. The van der Waals surface area contributed by atoms with Gasteiger partial charge in [0.2, 0.25) is 10.0 Å². The zero-order valence-corrected chi connectivity index (χ0v) is 16.0. The van der Waals surface area contributed by atoms with Crippen molar-refractivity contribution in [2.45, 2.75) is 11.8 Å². The summed E-state index contributed by atoms with van der Waals surface area (Å²) < 4.78 is 54.0. The lowest BCUT2D eigenvalue weighted by Gasteiger charge is -2.14. The van der Waals surface area contributed by atoms with E-state index in [1.807, 2.05) is 0 Å². The van der Waals surface area contributed by atoms with Crippen molar-refractivity contribution in [1.82, 2.24) is 9.29 Å². The number of nitrogens with zero attached hydrogens (tertiary/aromatic N) is 2. The number of fused-ring (bicyclic) bond motifs is 1. The molecule has 1 amide bonds. The molecule has 2 aromatic carbocycles. The molecular weight excluding hydrogens is 396 g/mol. The molecule has 10 heteroatoms. The first kappa shape index (κ1) is 19.3. The normalized spacial score (nSPS) is 11.9. The van der Waals surface area contributed by atoms with Crippen LogP contribution in [0.5, 0.6) is 0 Å². The smallest absolute Gasteiger partial charge is 0.263 e. The van der Waals surface area contributed by atoms with E-state index in [9.17, 15) is 22.0 Å². The molecule has 0 aliphatic heterocycles. The minimum absolute atomic E-state index is 0.0982. The van der Waals surface area contributed by atoms with E-state index in [1.165, 1.54) is 29.6 Å². The van der Waals surface area contributed by atoms with Gasteiger partial charge in [-0.05, 0) is 30.3 Å². The van der Waals surface area contributed by atoms with Crippen LogP contribution >= 0.6 is 11.3 Å². The summed E-state index contributed by atoms with van der Waals surface area (Å²) in [5, 5.41) is 2.46. The van der Waals surface area contributed by atoms with Gasteiger partial charge in [0, 0.05) is 13.6 Å². The topological polar surface area (TPSA) is 79.4 Å². The first-order chi connectivity index (χ1) is 12.7. The average Bonchev–Trinajstić information content (AvgIpc) is 3.01. The van der Waals surface area contributed by atoms with Crippen molar-refractivity contribution in [2.75, 3.05) is 18.9 Å². The first-order valence-corrected chi connectivity index (χ1v) is 10.1. The van der Waals surface area contributed by atoms with Crippen LogP contribution in [-0.4, -0.2) is 37.2 Å². The Morgan fingerprint density at radius 1 is 1.22 bits per heavy atom. The maximum Gasteiger partial charge on any atom is 0.263 e. The lowest BCUT2D eigenvalue weighted by atomic mass is 10.2. The third-order valence-corrected chi connectivity index (χ3v) is 6.79. The van der Waals surface area contributed by atoms with Gasteiger partial charge in [-0.3, -0.25) is 10.1 Å². The predicted molar refractivity (Wildman–Crippen MR) is 99.4 cm³/mol. The molecular formula is C17H15F2N3O3S2. The van der Waals surface area contributed by atoms with Crippen molar-refractivity contribution < 1.29 is 22.0 Å². The van der Waals surface area contributed by atoms with Gasteiger partial charge in [0.15, 0.2) is 5.13 Å². The van der Waals surface area contributed by atoms with Crippen LogP contribution in [0.1, 0.15) is 17.3 Å². The number of nitrogens with one attached hydrogen (secondary N) is 1. The Balaban J connectivity index is 1.93. The molecule has 3 rings (SSSR count). The number of carbonyl (C=O) groups is 1. The molecule has 142 valence electrons. The summed E-state index contributed by atoms with van der Waals surface area (Å²) in [5.74, 6) is -2.93. The molecule has 1 heterocycles. The van der Waals surface area contributed by atoms with Crippen LogP contribution in [-0.2, 0) is 10.0 Å². The Kier molecular flexibility index (Phi) is 5.22. The quantitative estimate of drug-likeness (QED) is 0.697. The molecule has 0 saturated carbocycles. The summed E-state index contributed by atoms with van der Waals surface area (Å²) >= 11 is 1.01. The first-order valence-electron chi connectivity index (χ1n) is 7.86. The van der Waals surface area contributed by atoms with Crippen LogP contribution in [0.2, 0.25) is 0 Å². The fraction of sp³-hybridized carbons (Fsp3) is 0.176. The van der Waals surface area contributed by atoms with E-state index >= 15 is 0 Å². The van der Waals surface area contributed by atoms with Gasteiger partial charge in [-0.1, -0.05) is 24.3 Å². The van der Waals surface area contributed by atoms with Crippen molar-refractivity contribution in [3.63, 3.8) is 0 Å². The number of thiazole rings is 1. The highest BCUT2D eigenvalue weighted by atomic mass is 32.2. The van der Waals surface area contributed by atoms with E-state index in [0.29, 0.717) is 16.8 Å². The van der Waals surface area contributed by atoms with Crippen LogP contribution < -0.4 is 5.32 Å². The van der Waals surface area contributed by atoms with E-state index < -0.39 is 33.1 Å². The number of benzene rings is 2. The second-order valence-electron chi connectivity index (χ2n) is 5.62. The van der Waals surface area contributed by atoms with Crippen LogP contribution in [0.3, 0.4) is 0 Å². The van der Waals surface area contributed by atoms with Gasteiger partial charge in [0.05, 0.1) is 15.1 Å².